The molecule has 0 bridgehead atoms. The van der Waals surface area contributed by atoms with Crippen LogP contribution in [0.15, 0.2) is 47.4 Å². The van der Waals surface area contributed by atoms with Crippen LogP contribution in [-0.4, -0.2) is 34.4 Å². The third-order valence-electron chi connectivity index (χ3n) is 4.44. The molecule has 0 unspecified atom stereocenters. The van der Waals surface area contributed by atoms with E-state index in [0.717, 1.165) is 0 Å². The molecule has 0 fully saturated rings. The van der Waals surface area contributed by atoms with Gasteiger partial charge in [0, 0.05) is 16.8 Å². The molecule has 0 heterocycles. The average molecular weight is 499 g/mol. The lowest BCUT2D eigenvalue weighted by Crippen LogP contribution is -2.39. The molecule has 29 heavy (non-hydrogen) atoms. The molecule has 2 aromatic rings. The lowest BCUT2D eigenvalue weighted by molar-refractivity contribution is 0.566. The summed E-state index contributed by atoms with van der Waals surface area (Å²) in [4.78, 5) is -0.0641. The maximum Gasteiger partial charge on any atom is 0.266 e. The minimum atomic E-state index is -4.09. The van der Waals surface area contributed by atoms with Gasteiger partial charge in [-0.25, -0.2) is 16.8 Å². The van der Waals surface area contributed by atoms with E-state index < -0.39 is 25.9 Å². The second-order valence-corrected chi connectivity index (χ2v) is 12.1. The summed E-state index contributed by atoms with van der Waals surface area (Å²) in [5, 5.41) is 0.610. The third kappa shape index (κ3) is 6.01. The molecule has 0 saturated carbocycles. The van der Waals surface area contributed by atoms with Crippen LogP contribution in [0.4, 0.5) is 5.69 Å². The van der Waals surface area contributed by atoms with Gasteiger partial charge in [-0.1, -0.05) is 53.9 Å². The predicted molar refractivity (Wildman–Crippen MR) is 121 cm³/mol. The minimum absolute atomic E-state index is 0.0168. The van der Waals surface area contributed by atoms with Crippen molar-refractivity contribution < 1.29 is 16.8 Å². The number of halogens is 3. The van der Waals surface area contributed by atoms with Crippen molar-refractivity contribution in [1.82, 2.24) is 0 Å². The van der Waals surface area contributed by atoms with Gasteiger partial charge in [0.25, 0.3) is 10.0 Å². The molecule has 2 rings (SSSR count). The summed E-state index contributed by atoms with van der Waals surface area (Å²) in [5.74, 6) is 0.0280. The molecule has 0 N–H and O–H groups in total. The average Bonchev–Trinajstić information content (AvgIpc) is 2.64. The highest BCUT2D eigenvalue weighted by molar-refractivity contribution is 7.93. The SMILES string of the molecule is CCS(=O)(=O)CCC[C@@H](C)N(c1cc(Cl)ccc1Cl)S(=O)(=O)c1ccccc1Cl. The third-order valence-corrected chi connectivity index (χ3v) is 9.21. The van der Waals surface area contributed by atoms with E-state index in [2.05, 4.69) is 0 Å². The summed E-state index contributed by atoms with van der Waals surface area (Å²) in [5.41, 5.74) is 0.213. The number of nitrogens with zero attached hydrogens (tertiary/aromatic N) is 1. The van der Waals surface area contributed by atoms with Gasteiger partial charge in [0.2, 0.25) is 0 Å². The van der Waals surface area contributed by atoms with E-state index >= 15 is 0 Å². The molecule has 0 aliphatic carbocycles. The Morgan fingerprint density at radius 3 is 2.24 bits per heavy atom. The number of sulfone groups is 1. The summed E-state index contributed by atoms with van der Waals surface area (Å²) < 4.78 is 51.7. The summed E-state index contributed by atoms with van der Waals surface area (Å²) in [6.07, 6.45) is 0.621. The maximum atomic E-state index is 13.5. The first-order valence-corrected chi connectivity index (χ1v) is 13.3. The predicted octanol–water partition coefficient (Wildman–Crippen LogP) is 5.45. The van der Waals surface area contributed by atoms with Crippen LogP contribution in [0, 0.1) is 0 Å². The van der Waals surface area contributed by atoms with E-state index in [9.17, 15) is 16.8 Å². The van der Waals surface area contributed by atoms with E-state index in [1.165, 1.54) is 28.6 Å². The topological polar surface area (TPSA) is 71.5 Å². The Hall–Kier alpha value is -0.990. The largest absolute Gasteiger partial charge is 0.266 e. The number of hydrogen-bond acceptors (Lipinski definition) is 4. The highest BCUT2D eigenvalue weighted by Gasteiger charge is 2.32. The standard InChI is InChI=1S/C19H22Cl3NO4S2/c1-3-28(24,25)12-6-7-14(2)23(18-13-15(20)10-11-16(18)21)29(26,27)19-9-5-4-8-17(19)22/h4-5,8-11,13-14H,3,6-7,12H2,1-2H3/t14-/m1/s1. The Morgan fingerprint density at radius 2 is 1.62 bits per heavy atom. The Bertz CT molecular complexity index is 1070. The van der Waals surface area contributed by atoms with Gasteiger partial charge in [-0.2, -0.15) is 0 Å². The lowest BCUT2D eigenvalue weighted by atomic mass is 10.2. The number of hydrogen-bond donors (Lipinski definition) is 0. The molecule has 0 radical (unpaired) electrons. The van der Waals surface area contributed by atoms with E-state index in [4.69, 9.17) is 34.8 Å². The van der Waals surface area contributed by atoms with Crippen molar-refractivity contribution in [3.8, 4) is 0 Å². The monoisotopic (exact) mass is 497 g/mol. The lowest BCUT2D eigenvalue weighted by Gasteiger charge is -2.31. The number of sulfonamides is 1. The molecule has 0 spiro atoms. The van der Waals surface area contributed by atoms with Gasteiger partial charge in [0.1, 0.15) is 14.7 Å². The Kier molecular flexibility index (Phi) is 8.27. The normalized spacial score (nSPS) is 13.3. The van der Waals surface area contributed by atoms with Gasteiger partial charge in [-0.15, -0.1) is 0 Å². The van der Waals surface area contributed by atoms with Crippen LogP contribution in [0.2, 0.25) is 15.1 Å². The molecule has 0 aromatic heterocycles. The van der Waals surface area contributed by atoms with Crippen LogP contribution < -0.4 is 4.31 Å². The highest BCUT2D eigenvalue weighted by Crippen LogP contribution is 2.37. The maximum absolute atomic E-state index is 13.5. The van der Waals surface area contributed by atoms with Gasteiger partial charge < -0.3 is 0 Å². The second kappa shape index (κ2) is 9.88. The molecule has 5 nitrogen and oxygen atoms in total. The Balaban J connectivity index is 2.49. The van der Waals surface area contributed by atoms with Gasteiger partial charge in [0.15, 0.2) is 0 Å². The smallest absolute Gasteiger partial charge is 0.262 e. The summed E-state index contributed by atoms with van der Waals surface area (Å²) in [6.45, 7) is 3.28. The van der Waals surface area contributed by atoms with E-state index in [1.54, 1.807) is 32.0 Å². The van der Waals surface area contributed by atoms with Gasteiger partial charge in [-0.3, -0.25) is 4.31 Å². The van der Waals surface area contributed by atoms with Crippen molar-refractivity contribution in [2.75, 3.05) is 15.8 Å². The molecular weight excluding hydrogens is 477 g/mol. The Morgan fingerprint density at radius 1 is 0.966 bits per heavy atom. The molecule has 10 heteroatoms. The first-order chi connectivity index (χ1) is 13.5. The molecule has 2 aromatic carbocycles. The molecule has 0 saturated heterocycles. The molecule has 0 aliphatic heterocycles. The molecule has 0 aliphatic rings. The molecule has 160 valence electrons. The first kappa shape index (κ1) is 24.3. The number of benzene rings is 2. The van der Waals surface area contributed by atoms with Crippen molar-refractivity contribution in [2.45, 2.75) is 37.6 Å². The zero-order valence-corrected chi connectivity index (χ0v) is 19.9. The summed E-state index contributed by atoms with van der Waals surface area (Å²) in [7, 11) is -7.24. The fourth-order valence-electron chi connectivity index (χ4n) is 2.88. The molecular formula is C19H22Cl3NO4S2. The second-order valence-electron chi connectivity index (χ2n) is 6.55. The highest BCUT2D eigenvalue weighted by atomic mass is 35.5. The van der Waals surface area contributed by atoms with Crippen LogP contribution in [0.3, 0.4) is 0 Å². The number of rotatable bonds is 9. The zero-order chi connectivity index (χ0) is 21.8. The van der Waals surface area contributed by atoms with Crippen molar-refractivity contribution in [1.29, 1.82) is 0 Å². The minimum Gasteiger partial charge on any atom is -0.262 e. The van der Waals surface area contributed by atoms with E-state index in [0.29, 0.717) is 17.9 Å². The van der Waals surface area contributed by atoms with Gasteiger partial charge >= 0.3 is 0 Å². The van der Waals surface area contributed by atoms with E-state index in [-0.39, 0.29) is 32.1 Å². The van der Waals surface area contributed by atoms with E-state index in [1.807, 2.05) is 0 Å². The molecule has 1 atom stereocenters. The van der Waals surface area contributed by atoms with Crippen LogP contribution in [-0.2, 0) is 19.9 Å². The van der Waals surface area contributed by atoms with Crippen LogP contribution in [0.1, 0.15) is 26.7 Å². The zero-order valence-electron chi connectivity index (χ0n) is 16.0. The Labute approximate surface area is 187 Å². The van der Waals surface area contributed by atoms with Crippen LogP contribution in [0.25, 0.3) is 0 Å². The van der Waals surface area contributed by atoms with Gasteiger partial charge in [0.05, 0.1) is 21.5 Å². The fourth-order valence-corrected chi connectivity index (χ4v) is 6.39. The van der Waals surface area contributed by atoms with Crippen LogP contribution in [0.5, 0.6) is 0 Å². The quantitative estimate of drug-likeness (QED) is 0.461. The molecule has 0 amide bonds. The van der Waals surface area contributed by atoms with Crippen molar-refractivity contribution >= 4 is 60.4 Å². The summed E-state index contributed by atoms with van der Waals surface area (Å²) in [6, 6.07) is 10.1. The van der Waals surface area contributed by atoms with Crippen molar-refractivity contribution in [3.05, 3.63) is 57.5 Å². The van der Waals surface area contributed by atoms with Crippen molar-refractivity contribution in [3.63, 3.8) is 0 Å². The van der Waals surface area contributed by atoms with Gasteiger partial charge in [-0.05, 0) is 50.1 Å². The van der Waals surface area contributed by atoms with Crippen molar-refractivity contribution in [2.24, 2.45) is 0 Å². The summed E-state index contributed by atoms with van der Waals surface area (Å²) >= 11 is 18.5. The number of anilines is 1. The first-order valence-electron chi connectivity index (χ1n) is 8.94. The van der Waals surface area contributed by atoms with Crippen LogP contribution >= 0.6 is 34.8 Å². The fraction of sp³-hybridized carbons (Fsp3) is 0.368.